The first-order chi connectivity index (χ1) is 10.9. The molecule has 3 aromatic rings. The maximum Gasteiger partial charge on any atom is 0.418 e. The molecule has 0 spiro atoms. The predicted octanol–water partition coefficient (Wildman–Crippen LogP) is 5.20. The van der Waals surface area contributed by atoms with Crippen LogP contribution in [0.15, 0.2) is 65.4 Å². The van der Waals surface area contributed by atoms with Crippen LogP contribution in [0, 0.1) is 0 Å². The number of carbonyl (C=O) groups excluding carboxylic acids is 1. The second-order valence-corrected chi connectivity index (χ2v) is 6.30. The predicted molar refractivity (Wildman–Crippen MR) is 89.2 cm³/mol. The van der Waals surface area contributed by atoms with Crippen LogP contribution in [0.25, 0.3) is 22.6 Å². The standard InChI is InChI=1S/C19H19NO3/c1-19(2,3)23-18(21)20-12-4-6-16(20)14-8-10-15(11-9-14)17-7-5-13-22-17/h4-13H,1-3H3. The molecule has 3 rings (SSSR count). The average molecular weight is 309 g/mol. The highest BCUT2D eigenvalue weighted by Crippen LogP contribution is 2.26. The van der Waals surface area contributed by atoms with Gasteiger partial charge in [-0.3, -0.25) is 4.57 Å². The summed E-state index contributed by atoms with van der Waals surface area (Å²) in [6.07, 6.45) is 2.98. The molecule has 2 heterocycles. The van der Waals surface area contributed by atoms with Crippen LogP contribution >= 0.6 is 0 Å². The number of benzene rings is 1. The van der Waals surface area contributed by atoms with E-state index < -0.39 is 5.60 Å². The molecule has 0 fully saturated rings. The van der Waals surface area contributed by atoms with E-state index in [2.05, 4.69) is 0 Å². The fraction of sp³-hybridized carbons (Fsp3) is 0.211. The molecule has 4 heteroatoms. The highest BCUT2D eigenvalue weighted by atomic mass is 16.6. The summed E-state index contributed by atoms with van der Waals surface area (Å²) in [5.41, 5.74) is 2.21. The number of hydrogen-bond donors (Lipinski definition) is 0. The van der Waals surface area contributed by atoms with Gasteiger partial charge in [-0.25, -0.2) is 4.79 Å². The fourth-order valence-electron chi connectivity index (χ4n) is 2.33. The van der Waals surface area contributed by atoms with Crippen LogP contribution in [0.5, 0.6) is 0 Å². The first-order valence-corrected chi connectivity index (χ1v) is 7.49. The normalized spacial score (nSPS) is 11.4. The SMILES string of the molecule is CC(C)(C)OC(=O)n1cccc1-c1ccc(-c2ccco2)cc1. The number of ether oxygens (including phenoxy) is 1. The number of hydrogen-bond acceptors (Lipinski definition) is 3. The zero-order chi connectivity index (χ0) is 16.4. The quantitative estimate of drug-likeness (QED) is 0.653. The van der Waals surface area contributed by atoms with Gasteiger partial charge in [-0.1, -0.05) is 24.3 Å². The summed E-state index contributed by atoms with van der Waals surface area (Å²) in [5, 5.41) is 0. The van der Waals surface area contributed by atoms with Crippen LogP contribution in [0.4, 0.5) is 4.79 Å². The van der Waals surface area contributed by atoms with Crippen LogP contribution in [0.3, 0.4) is 0 Å². The lowest BCUT2D eigenvalue weighted by Crippen LogP contribution is -2.27. The monoisotopic (exact) mass is 309 g/mol. The van der Waals surface area contributed by atoms with E-state index in [0.29, 0.717) is 0 Å². The van der Waals surface area contributed by atoms with Crippen LogP contribution in [-0.2, 0) is 4.74 Å². The third-order valence-electron chi connectivity index (χ3n) is 3.33. The van der Waals surface area contributed by atoms with Gasteiger partial charge in [0.25, 0.3) is 0 Å². The van der Waals surface area contributed by atoms with Crippen molar-refractivity contribution in [1.82, 2.24) is 4.57 Å². The number of rotatable bonds is 2. The van der Waals surface area contributed by atoms with Gasteiger partial charge in [-0.2, -0.15) is 0 Å². The highest BCUT2D eigenvalue weighted by molar-refractivity contribution is 5.79. The van der Waals surface area contributed by atoms with E-state index in [0.717, 1.165) is 22.6 Å². The summed E-state index contributed by atoms with van der Waals surface area (Å²) in [5.74, 6) is 0.819. The van der Waals surface area contributed by atoms with Crippen molar-refractivity contribution in [3.05, 3.63) is 61.0 Å². The molecule has 4 nitrogen and oxygen atoms in total. The Bertz CT molecular complexity index is 790. The molecule has 0 saturated heterocycles. The maximum absolute atomic E-state index is 12.3. The third kappa shape index (κ3) is 3.37. The van der Waals surface area contributed by atoms with Crippen LogP contribution < -0.4 is 0 Å². The Morgan fingerprint density at radius 2 is 1.70 bits per heavy atom. The van der Waals surface area contributed by atoms with Crippen molar-refractivity contribution in [3.63, 3.8) is 0 Å². The van der Waals surface area contributed by atoms with E-state index in [1.807, 2.05) is 69.3 Å². The molecule has 0 aliphatic heterocycles. The summed E-state index contributed by atoms with van der Waals surface area (Å²) in [6, 6.07) is 15.4. The molecule has 118 valence electrons. The Kier molecular flexibility index (Phi) is 3.82. The van der Waals surface area contributed by atoms with Crippen molar-refractivity contribution in [2.75, 3.05) is 0 Å². The van der Waals surface area contributed by atoms with Crippen molar-refractivity contribution in [2.45, 2.75) is 26.4 Å². The second-order valence-electron chi connectivity index (χ2n) is 6.30. The molecule has 0 aliphatic carbocycles. The van der Waals surface area contributed by atoms with E-state index in [4.69, 9.17) is 9.15 Å². The lowest BCUT2D eigenvalue weighted by molar-refractivity contribution is 0.0540. The highest BCUT2D eigenvalue weighted by Gasteiger charge is 2.19. The lowest BCUT2D eigenvalue weighted by atomic mass is 10.1. The van der Waals surface area contributed by atoms with Gasteiger partial charge in [-0.15, -0.1) is 0 Å². The van der Waals surface area contributed by atoms with Crippen molar-refractivity contribution in [2.24, 2.45) is 0 Å². The largest absolute Gasteiger partial charge is 0.464 e. The van der Waals surface area contributed by atoms with Gasteiger partial charge in [0, 0.05) is 11.8 Å². The Morgan fingerprint density at radius 1 is 1.00 bits per heavy atom. The van der Waals surface area contributed by atoms with E-state index in [1.165, 1.54) is 4.57 Å². The molecule has 0 unspecified atom stereocenters. The molecule has 0 amide bonds. The molecule has 0 N–H and O–H groups in total. The molecule has 0 aliphatic rings. The maximum atomic E-state index is 12.3. The molecule has 0 bridgehead atoms. The van der Waals surface area contributed by atoms with Gasteiger partial charge in [-0.05, 0) is 50.6 Å². The summed E-state index contributed by atoms with van der Waals surface area (Å²) >= 11 is 0. The van der Waals surface area contributed by atoms with Crippen molar-refractivity contribution >= 4 is 6.09 Å². The molecular weight excluding hydrogens is 290 g/mol. The minimum absolute atomic E-state index is 0.382. The van der Waals surface area contributed by atoms with Crippen molar-refractivity contribution in [1.29, 1.82) is 0 Å². The Hall–Kier alpha value is -2.75. The summed E-state index contributed by atoms with van der Waals surface area (Å²) in [6.45, 7) is 5.56. The van der Waals surface area contributed by atoms with E-state index in [9.17, 15) is 4.79 Å². The molecular formula is C19H19NO3. The van der Waals surface area contributed by atoms with Gasteiger partial charge in [0.05, 0.1) is 12.0 Å². The van der Waals surface area contributed by atoms with Gasteiger partial charge in [0.1, 0.15) is 11.4 Å². The van der Waals surface area contributed by atoms with Crippen LogP contribution in [0.1, 0.15) is 20.8 Å². The Balaban J connectivity index is 1.88. The minimum Gasteiger partial charge on any atom is -0.464 e. The minimum atomic E-state index is -0.526. The molecule has 0 atom stereocenters. The van der Waals surface area contributed by atoms with Gasteiger partial charge < -0.3 is 9.15 Å². The van der Waals surface area contributed by atoms with Crippen molar-refractivity contribution < 1.29 is 13.9 Å². The zero-order valence-corrected chi connectivity index (χ0v) is 13.4. The topological polar surface area (TPSA) is 44.4 Å². The number of furan rings is 1. The summed E-state index contributed by atoms with van der Waals surface area (Å²) < 4.78 is 12.3. The first kappa shape index (κ1) is 15.2. The Morgan fingerprint density at radius 3 is 2.30 bits per heavy atom. The second kappa shape index (κ2) is 5.80. The summed E-state index contributed by atoms with van der Waals surface area (Å²) in [7, 11) is 0. The smallest absolute Gasteiger partial charge is 0.418 e. The molecule has 0 saturated carbocycles. The van der Waals surface area contributed by atoms with Crippen molar-refractivity contribution in [3.8, 4) is 22.6 Å². The first-order valence-electron chi connectivity index (χ1n) is 7.49. The van der Waals surface area contributed by atoms with Gasteiger partial charge in [0.2, 0.25) is 0 Å². The van der Waals surface area contributed by atoms with E-state index >= 15 is 0 Å². The molecule has 1 aromatic carbocycles. The lowest BCUT2D eigenvalue weighted by Gasteiger charge is -2.20. The molecule has 2 aromatic heterocycles. The fourth-order valence-corrected chi connectivity index (χ4v) is 2.33. The third-order valence-corrected chi connectivity index (χ3v) is 3.33. The van der Waals surface area contributed by atoms with E-state index in [1.54, 1.807) is 12.5 Å². The van der Waals surface area contributed by atoms with Gasteiger partial charge >= 0.3 is 6.09 Å². The van der Waals surface area contributed by atoms with Crippen LogP contribution in [-0.4, -0.2) is 16.3 Å². The van der Waals surface area contributed by atoms with Crippen LogP contribution in [0.2, 0.25) is 0 Å². The zero-order valence-electron chi connectivity index (χ0n) is 13.4. The summed E-state index contributed by atoms with van der Waals surface area (Å²) in [4.78, 5) is 12.3. The molecule has 23 heavy (non-hydrogen) atoms. The number of nitrogens with zero attached hydrogens (tertiary/aromatic N) is 1. The Labute approximate surface area is 135 Å². The average Bonchev–Trinajstić information content (AvgIpc) is 3.17. The number of aromatic nitrogens is 1. The van der Waals surface area contributed by atoms with Gasteiger partial charge in [0.15, 0.2) is 0 Å². The molecule has 0 radical (unpaired) electrons. The van der Waals surface area contributed by atoms with E-state index in [-0.39, 0.29) is 6.09 Å². The number of carbonyl (C=O) groups is 1.